The first-order chi connectivity index (χ1) is 14.2. The summed E-state index contributed by atoms with van der Waals surface area (Å²) in [6.45, 7) is 3.10. The third-order valence-corrected chi connectivity index (χ3v) is 5.23. The highest BCUT2D eigenvalue weighted by Gasteiger charge is 2.15. The molecule has 0 aliphatic carbocycles. The molecule has 5 rings (SSSR count). The Balaban J connectivity index is 1.47. The summed E-state index contributed by atoms with van der Waals surface area (Å²) in [7, 11) is 2.07. The van der Waals surface area contributed by atoms with Gasteiger partial charge in [-0.05, 0) is 35.7 Å². The van der Waals surface area contributed by atoms with E-state index in [4.69, 9.17) is 9.52 Å². The van der Waals surface area contributed by atoms with E-state index in [0.29, 0.717) is 5.92 Å². The molecule has 1 aromatic carbocycles. The summed E-state index contributed by atoms with van der Waals surface area (Å²) in [4.78, 5) is 10.8. The highest BCUT2D eigenvalue weighted by molar-refractivity contribution is 5.81. The molecular formula is C23H21N5O. The zero-order valence-electron chi connectivity index (χ0n) is 16.4. The number of hydrogen-bond acceptors (Lipinski definition) is 5. The van der Waals surface area contributed by atoms with E-state index >= 15 is 0 Å². The molecule has 0 fully saturated rings. The van der Waals surface area contributed by atoms with E-state index in [1.165, 1.54) is 5.56 Å². The molecule has 6 heteroatoms. The van der Waals surface area contributed by atoms with Gasteiger partial charge in [0.15, 0.2) is 17.0 Å². The van der Waals surface area contributed by atoms with Gasteiger partial charge < -0.3 is 9.32 Å². The number of anilines is 1. The highest BCUT2D eigenvalue weighted by atomic mass is 16.3. The first kappa shape index (κ1) is 17.4. The molecule has 0 amide bonds. The third-order valence-electron chi connectivity index (χ3n) is 5.23. The van der Waals surface area contributed by atoms with Gasteiger partial charge in [0.05, 0.1) is 12.4 Å². The Kier molecular flexibility index (Phi) is 4.24. The molecule has 1 unspecified atom stereocenters. The Labute approximate surface area is 168 Å². The SMILES string of the molecule is CC(CN(C)c1ccc2ncc(-c3cc4ccncc4o3)n2n1)c1ccccc1. The Morgan fingerprint density at radius 2 is 1.93 bits per heavy atom. The molecule has 144 valence electrons. The Morgan fingerprint density at radius 1 is 1.07 bits per heavy atom. The molecule has 4 aromatic heterocycles. The van der Waals surface area contributed by atoms with Crippen LogP contribution in [0, 0.1) is 0 Å². The van der Waals surface area contributed by atoms with Crippen LogP contribution in [-0.2, 0) is 0 Å². The Bertz CT molecular complexity index is 1240. The van der Waals surface area contributed by atoms with E-state index in [1.807, 2.05) is 34.8 Å². The van der Waals surface area contributed by atoms with Crippen molar-refractivity contribution < 1.29 is 4.42 Å². The number of imidazole rings is 1. The predicted molar refractivity (Wildman–Crippen MR) is 114 cm³/mol. The van der Waals surface area contributed by atoms with Crippen molar-refractivity contribution in [1.29, 1.82) is 0 Å². The van der Waals surface area contributed by atoms with Crippen molar-refractivity contribution in [3.63, 3.8) is 0 Å². The number of rotatable bonds is 5. The molecule has 1 atom stereocenters. The fraction of sp³-hybridized carbons (Fsp3) is 0.174. The monoisotopic (exact) mass is 383 g/mol. The normalized spacial score (nSPS) is 12.5. The number of likely N-dealkylation sites (N-methyl/N-ethyl adjacent to an activating group) is 1. The third kappa shape index (κ3) is 3.23. The average Bonchev–Trinajstić information content (AvgIpc) is 3.37. The van der Waals surface area contributed by atoms with E-state index in [-0.39, 0.29) is 0 Å². The minimum absolute atomic E-state index is 0.392. The molecule has 5 aromatic rings. The van der Waals surface area contributed by atoms with Crippen molar-refractivity contribution >= 4 is 22.4 Å². The number of fused-ring (bicyclic) bond motifs is 2. The smallest absolute Gasteiger partial charge is 0.155 e. The zero-order valence-corrected chi connectivity index (χ0v) is 16.4. The molecule has 0 radical (unpaired) electrons. The topological polar surface area (TPSA) is 59.5 Å². The summed E-state index contributed by atoms with van der Waals surface area (Å²) in [6, 6.07) is 18.5. The van der Waals surface area contributed by atoms with Crippen LogP contribution in [0.3, 0.4) is 0 Å². The molecule has 0 spiro atoms. The van der Waals surface area contributed by atoms with Crippen molar-refractivity contribution in [3.8, 4) is 11.5 Å². The van der Waals surface area contributed by atoms with E-state index < -0.39 is 0 Å². The van der Waals surface area contributed by atoms with Crippen LogP contribution in [0.4, 0.5) is 5.82 Å². The molecular weight excluding hydrogens is 362 g/mol. The van der Waals surface area contributed by atoms with Crippen molar-refractivity contribution in [2.24, 2.45) is 0 Å². The van der Waals surface area contributed by atoms with E-state index in [0.717, 1.165) is 40.4 Å². The van der Waals surface area contributed by atoms with Crippen molar-refractivity contribution in [3.05, 3.63) is 78.8 Å². The number of hydrogen-bond donors (Lipinski definition) is 0. The van der Waals surface area contributed by atoms with Crippen molar-refractivity contribution in [1.82, 2.24) is 19.6 Å². The minimum atomic E-state index is 0.392. The summed E-state index contributed by atoms with van der Waals surface area (Å²) >= 11 is 0. The molecule has 0 saturated carbocycles. The second kappa shape index (κ2) is 7.05. The largest absolute Gasteiger partial charge is 0.453 e. The first-order valence-electron chi connectivity index (χ1n) is 9.64. The highest BCUT2D eigenvalue weighted by Crippen LogP contribution is 2.28. The Hall–Kier alpha value is -3.67. The van der Waals surface area contributed by atoms with Gasteiger partial charge in [-0.25, -0.2) is 9.50 Å². The predicted octanol–water partition coefficient (Wildman–Crippen LogP) is 4.78. The zero-order chi connectivity index (χ0) is 19.8. The minimum Gasteiger partial charge on any atom is -0.453 e. The summed E-state index contributed by atoms with van der Waals surface area (Å²) in [6.07, 6.45) is 5.28. The van der Waals surface area contributed by atoms with Gasteiger partial charge in [-0.3, -0.25) is 4.98 Å². The number of aromatic nitrogens is 4. The molecule has 29 heavy (non-hydrogen) atoms. The molecule has 6 nitrogen and oxygen atoms in total. The van der Waals surface area contributed by atoms with Crippen LogP contribution in [0.5, 0.6) is 0 Å². The van der Waals surface area contributed by atoms with Crippen molar-refractivity contribution in [2.75, 3.05) is 18.5 Å². The summed E-state index contributed by atoms with van der Waals surface area (Å²) in [5.41, 5.74) is 3.68. The van der Waals surface area contributed by atoms with Gasteiger partial charge in [-0.1, -0.05) is 37.3 Å². The molecule has 0 saturated heterocycles. The van der Waals surface area contributed by atoms with Gasteiger partial charge in [-0.15, -0.1) is 5.10 Å². The number of benzene rings is 1. The number of furan rings is 1. The van der Waals surface area contributed by atoms with Gasteiger partial charge in [0.25, 0.3) is 0 Å². The van der Waals surface area contributed by atoms with Crippen LogP contribution in [0.15, 0.2) is 77.6 Å². The fourth-order valence-corrected chi connectivity index (χ4v) is 3.64. The van der Waals surface area contributed by atoms with Crippen LogP contribution in [0.2, 0.25) is 0 Å². The molecule has 0 bridgehead atoms. The molecule has 0 aliphatic rings. The lowest BCUT2D eigenvalue weighted by atomic mass is 10.0. The van der Waals surface area contributed by atoms with E-state index in [2.05, 4.69) is 53.1 Å². The van der Waals surface area contributed by atoms with Gasteiger partial charge >= 0.3 is 0 Å². The second-order valence-electron chi connectivity index (χ2n) is 7.32. The van der Waals surface area contributed by atoms with Crippen LogP contribution < -0.4 is 4.90 Å². The lowest BCUT2D eigenvalue weighted by Gasteiger charge is -2.22. The fourth-order valence-electron chi connectivity index (χ4n) is 3.64. The van der Waals surface area contributed by atoms with Crippen LogP contribution >= 0.6 is 0 Å². The maximum absolute atomic E-state index is 5.97. The summed E-state index contributed by atoms with van der Waals surface area (Å²) in [5.74, 6) is 2.01. The maximum atomic E-state index is 5.97. The Morgan fingerprint density at radius 3 is 2.76 bits per heavy atom. The quantitative estimate of drug-likeness (QED) is 0.437. The van der Waals surface area contributed by atoms with Gasteiger partial charge in [0, 0.05) is 25.2 Å². The molecule has 0 aliphatic heterocycles. The van der Waals surface area contributed by atoms with E-state index in [1.54, 1.807) is 18.6 Å². The lowest BCUT2D eigenvalue weighted by Crippen LogP contribution is -2.24. The van der Waals surface area contributed by atoms with Gasteiger partial charge in [0.2, 0.25) is 0 Å². The molecule has 4 heterocycles. The lowest BCUT2D eigenvalue weighted by molar-refractivity contribution is 0.623. The van der Waals surface area contributed by atoms with Gasteiger partial charge in [0.1, 0.15) is 11.5 Å². The van der Waals surface area contributed by atoms with Crippen molar-refractivity contribution in [2.45, 2.75) is 12.8 Å². The van der Waals surface area contributed by atoms with Crippen LogP contribution in [-0.4, -0.2) is 33.2 Å². The van der Waals surface area contributed by atoms with Gasteiger partial charge in [-0.2, -0.15) is 0 Å². The van der Waals surface area contributed by atoms with Crippen LogP contribution in [0.25, 0.3) is 28.1 Å². The number of pyridine rings is 1. The van der Waals surface area contributed by atoms with E-state index in [9.17, 15) is 0 Å². The average molecular weight is 383 g/mol. The van der Waals surface area contributed by atoms with Crippen LogP contribution in [0.1, 0.15) is 18.4 Å². The first-order valence-corrected chi connectivity index (χ1v) is 9.64. The summed E-state index contributed by atoms with van der Waals surface area (Å²) in [5, 5.41) is 5.84. The molecule has 0 N–H and O–H groups in total. The second-order valence-corrected chi connectivity index (χ2v) is 7.32. The standard InChI is InChI=1S/C23H21N5O/c1-16(17-6-4-3-5-7-17)15-27(2)23-9-8-22-25-13-19(28(22)26-23)20-12-18-10-11-24-14-21(18)29-20/h3-14,16H,15H2,1-2H3. The summed E-state index contributed by atoms with van der Waals surface area (Å²) < 4.78 is 7.80. The number of nitrogens with zero attached hydrogens (tertiary/aromatic N) is 5. The maximum Gasteiger partial charge on any atom is 0.155 e.